The van der Waals surface area contributed by atoms with Crippen molar-refractivity contribution in [1.29, 1.82) is 0 Å². The zero-order chi connectivity index (χ0) is 20.0. The summed E-state index contributed by atoms with van der Waals surface area (Å²) in [5.41, 5.74) is 1.06. The molecule has 0 aliphatic heterocycles. The molecule has 1 atom stereocenters. The Kier molecular flexibility index (Phi) is 7.21. The van der Waals surface area contributed by atoms with Gasteiger partial charge < -0.3 is 9.73 Å². The highest BCUT2D eigenvalue weighted by Crippen LogP contribution is 2.18. The minimum atomic E-state index is -3.80. The van der Waals surface area contributed by atoms with Crippen molar-refractivity contribution in [2.24, 2.45) is 5.92 Å². The van der Waals surface area contributed by atoms with E-state index >= 15 is 0 Å². The van der Waals surface area contributed by atoms with Gasteiger partial charge in [0.1, 0.15) is 11.8 Å². The van der Waals surface area contributed by atoms with Gasteiger partial charge in [-0.05, 0) is 48.1 Å². The molecule has 2 rings (SSSR count). The minimum absolute atomic E-state index is 0.148. The normalized spacial score (nSPS) is 13.1. The van der Waals surface area contributed by atoms with Crippen LogP contribution >= 0.6 is 0 Å². The summed E-state index contributed by atoms with van der Waals surface area (Å²) in [6.07, 6.45) is 1.92. The number of carbonyl (C=O) groups excluding carboxylic acids is 1. The third kappa shape index (κ3) is 6.22. The van der Waals surface area contributed by atoms with Crippen LogP contribution < -0.4 is 10.0 Å². The second-order valence-corrected chi connectivity index (χ2v) is 9.04. The number of furan rings is 1. The average molecular weight is 393 g/mol. The summed E-state index contributed by atoms with van der Waals surface area (Å²) < 4.78 is 33.2. The molecule has 0 aliphatic rings. The van der Waals surface area contributed by atoms with E-state index in [1.165, 1.54) is 6.26 Å². The molecule has 2 aromatic rings. The number of benzene rings is 1. The lowest BCUT2D eigenvalue weighted by atomic mass is 10.0. The highest BCUT2D eigenvalue weighted by molar-refractivity contribution is 7.89. The molecule has 2 N–H and O–H groups in total. The topological polar surface area (TPSA) is 88.4 Å². The number of carbonyl (C=O) groups is 1. The second kappa shape index (κ2) is 9.19. The van der Waals surface area contributed by atoms with E-state index in [2.05, 4.69) is 10.0 Å². The van der Waals surface area contributed by atoms with Gasteiger partial charge in [-0.15, -0.1) is 0 Å². The van der Waals surface area contributed by atoms with Crippen LogP contribution in [-0.4, -0.2) is 20.4 Å². The van der Waals surface area contributed by atoms with Gasteiger partial charge in [-0.25, -0.2) is 8.42 Å². The predicted octanol–water partition coefficient (Wildman–Crippen LogP) is 3.41. The van der Waals surface area contributed by atoms with E-state index in [1.54, 1.807) is 36.4 Å². The van der Waals surface area contributed by atoms with Crippen molar-refractivity contribution in [2.45, 2.75) is 57.5 Å². The summed E-state index contributed by atoms with van der Waals surface area (Å²) in [7, 11) is -3.80. The summed E-state index contributed by atoms with van der Waals surface area (Å²) >= 11 is 0. The summed E-state index contributed by atoms with van der Waals surface area (Å²) in [4.78, 5) is 12.7. The van der Waals surface area contributed by atoms with Gasteiger partial charge in [0.2, 0.25) is 15.9 Å². The van der Waals surface area contributed by atoms with Crippen molar-refractivity contribution in [3.8, 4) is 0 Å². The van der Waals surface area contributed by atoms with E-state index in [-0.39, 0.29) is 23.3 Å². The first-order valence-corrected chi connectivity index (χ1v) is 10.6. The van der Waals surface area contributed by atoms with E-state index in [0.29, 0.717) is 18.1 Å². The fourth-order valence-corrected chi connectivity index (χ4v) is 3.89. The van der Waals surface area contributed by atoms with Crippen LogP contribution in [-0.2, 0) is 21.4 Å². The molecule has 0 spiro atoms. The summed E-state index contributed by atoms with van der Waals surface area (Å²) in [5.74, 6) is 0.701. The van der Waals surface area contributed by atoms with Crippen molar-refractivity contribution < 1.29 is 17.6 Å². The van der Waals surface area contributed by atoms with Gasteiger partial charge in [-0.3, -0.25) is 4.79 Å². The molecule has 1 aromatic carbocycles. The molecule has 0 radical (unpaired) electrons. The van der Waals surface area contributed by atoms with Crippen LogP contribution in [0.3, 0.4) is 0 Å². The van der Waals surface area contributed by atoms with Crippen LogP contribution in [0.2, 0.25) is 0 Å². The van der Waals surface area contributed by atoms with Crippen molar-refractivity contribution in [1.82, 2.24) is 10.0 Å². The zero-order valence-corrected chi connectivity index (χ0v) is 17.0. The Morgan fingerprint density at radius 3 is 2.26 bits per heavy atom. The molecule has 27 heavy (non-hydrogen) atoms. The second-order valence-electron chi connectivity index (χ2n) is 7.32. The van der Waals surface area contributed by atoms with E-state index in [4.69, 9.17) is 4.42 Å². The number of hydrogen-bond donors (Lipinski definition) is 2. The van der Waals surface area contributed by atoms with E-state index in [9.17, 15) is 13.2 Å². The fraction of sp³-hybridized carbons (Fsp3) is 0.450. The molecule has 0 saturated carbocycles. The third-order valence-corrected chi connectivity index (χ3v) is 5.68. The molecule has 0 bridgehead atoms. The number of amides is 1. The molecule has 1 aromatic heterocycles. The van der Waals surface area contributed by atoms with Crippen LogP contribution in [0.4, 0.5) is 0 Å². The first kappa shape index (κ1) is 21.2. The van der Waals surface area contributed by atoms with Gasteiger partial charge in [0, 0.05) is 0 Å². The van der Waals surface area contributed by atoms with E-state index in [0.717, 1.165) is 5.56 Å². The molecule has 6 nitrogen and oxygen atoms in total. The van der Waals surface area contributed by atoms with Crippen molar-refractivity contribution in [3.63, 3.8) is 0 Å². The smallest absolute Gasteiger partial charge is 0.241 e. The Morgan fingerprint density at radius 2 is 1.74 bits per heavy atom. The highest BCUT2D eigenvalue weighted by Gasteiger charge is 2.26. The molecule has 1 heterocycles. The molecule has 0 unspecified atom stereocenters. The number of nitrogens with one attached hydrogen (secondary N) is 2. The van der Waals surface area contributed by atoms with Crippen LogP contribution in [0.5, 0.6) is 0 Å². The molecular weight excluding hydrogens is 364 g/mol. The Labute approximate surface area is 161 Å². The fourth-order valence-electron chi connectivity index (χ4n) is 2.68. The molecule has 0 aliphatic carbocycles. The van der Waals surface area contributed by atoms with Crippen molar-refractivity contribution in [3.05, 3.63) is 54.0 Å². The van der Waals surface area contributed by atoms with E-state index < -0.39 is 16.1 Å². The van der Waals surface area contributed by atoms with Gasteiger partial charge in [-0.1, -0.05) is 39.8 Å². The van der Waals surface area contributed by atoms with Crippen LogP contribution in [0, 0.1) is 5.92 Å². The largest absolute Gasteiger partial charge is 0.467 e. The Bertz CT molecular complexity index is 825. The number of hydrogen-bond acceptors (Lipinski definition) is 4. The lowest BCUT2D eigenvalue weighted by Crippen LogP contribution is -2.47. The van der Waals surface area contributed by atoms with Gasteiger partial charge in [0.15, 0.2) is 0 Å². The van der Waals surface area contributed by atoms with E-state index in [1.807, 2.05) is 27.7 Å². The van der Waals surface area contributed by atoms with Gasteiger partial charge in [0.25, 0.3) is 0 Å². The molecule has 1 amide bonds. The molecule has 0 saturated heterocycles. The molecule has 0 fully saturated rings. The first-order valence-electron chi connectivity index (χ1n) is 9.11. The monoisotopic (exact) mass is 392 g/mol. The van der Waals surface area contributed by atoms with Crippen molar-refractivity contribution in [2.75, 3.05) is 0 Å². The molecular formula is C20H28N2O4S. The lowest BCUT2D eigenvalue weighted by Gasteiger charge is -2.20. The third-order valence-electron chi connectivity index (χ3n) is 4.20. The summed E-state index contributed by atoms with van der Waals surface area (Å²) in [6, 6.07) is 9.38. The van der Waals surface area contributed by atoms with Gasteiger partial charge >= 0.3 is 0 Å². The maximum Gasteiger partial charge on any atom is 0.241 e. The Morgan fingerprint density at radius 1 is 1.07 bits per heavy atom. The summed E-state index contributed by atoms with van der Waals surface area (Å²) in [6.45, 7) is 8.19. The Hall–Kier alpha value is -2.12. The van der Waals surface area contributed by atoms with Crippen molar-refractivity contribution >= 4 is 15.9 Å². The van der Waals surface area contributed by atoms with Crippen LogP contribution in [0.25, 0.3) is 0 Å². The van der Waals surface area contributed by atoms with Crippen LogP contribution in [0.15, 0.2) is 52.0 Å². The van der Waals surface area contributed by atoms with Gasteiger partial charge in [-0.2, -0.15) is 4.72 Å². The molecule has 148 valence electrons. The minimum Gasteiger partial charge on any atom is -0.467 e. The predicted molar refractivity (Wildman–Crippen MR) is 105 cm³/mol. The van der Waals surface area contributed by atoms with Crippen LogP contribution in [0.1, 0.15) is 51.4 Å². The number of sulfonamides is 1. The van der Waals surface area contributed by atoms with Gasteiger partial charge in [0.05, 0.1) is 17.7 Å². The standard InChI is InChI=1S/C20H28N2O4S/c1-14(2)12-19(20(23)21-13-17-6-5-11-26-17)22-27(24,25)18-9-7-16(8-10-18)15(3)4/h5-11,14-15,19,22H,12-13H2,1-4H3,(H,21,23)/t19-/m1/s1. The summed E-state index contributed by atoms with van der Waals surface area (Å²) in [5, 5.41) is 2.73. The molecule has 7 heteroatoms. The quantitative estimate of drug-likeness (QED) is 0.684. The number of rotatable bonds is 9. The maximum absolute atomic E-state index is 12.7. The average Bonchev–Trinajstić information content (AvgIpc) is 3.12. The zero-order valence-electron chi connectivity index (χ0n) is 16.2. The first-order chi connectivity index (χ1) is 12.7. The maximum atomic E-state index is 12.7. The lowest BCUT2D eigenvalue weighted by molar-refractivity contribution is -0.123. The Balaban J connectivity index is 2.11. The highest BCUT2D eigenvalue weighted by atomic mass is 32.2. The SMILES string of the molecule is CC(C)C[C@@H](NS(=O)(=O)c1ccc(C(C)C)cc1)C(=O)NCc1ccco1.